The summed E-state index contributed by atoms with van der Waals surface area (Å²) >= 11 is 0. The Morgan fingerprint density at radius 2 is 2.23 bits per heavy atom. The molecule has 2 N–H and O–H groups in total. The fourth-order valence-electron chi connectivity index (χ4n) is 2.28. The summed E-state index contributed by atoms with van der Waals surface area (Å²) in [7, 11) is 1.69. The van der Waals surface area contributed by atoms with Crippen LogP contribution in [0.5, 0.6) is 0 Å². The highest BCUT2D eigenvalue weighted by molar-refractivity contribution is 5.98. The Balaban J connectivity index is 2.72. The van der Waals surface area contributed by atoms with Crippen molar-refractivity contribution in [2.75, 3.05) is 26.8 Å². The van der Waals surface area contributed by atoms with Gasteiger partial charge in [0, 0.05) is 32.5 Å². The van der Waals surface area contributed by atoms with Crippen molar-refractivity contribution in [2.24, 2.45) is 5.92 Å². The molecule has 0 saturated carbocycles. The monoisotopic (exact) mass is 305 g/mol. The second kappa shape index (κ2) is 10.0. The van der Waals surface area contributed by atoms with Gasteiger partial charge in [-0.3, -0.25) is 4.79 Å². The van der Waals surface area contributed by atoms with Crippen molar-refractivity contribution in [3.8, 4) is 6.07 Å². The van der Waals surface area contributed by atoms with Crippen LogP contribution in [-0.4, -0.2) is 32.7 Å². The minimum Gasteiger partial charge on any atom is -0.388 e. The fourth-order valence-corrected chi connectivity index (χ4v) is 2.28. The van der Waals surface area contributed by atoms with E-state index in [4.69, 9.17) is 4.74 Å². The zero-order valence-corrected chi connectivity index (χ0v) is 13.9. The number of carbonyl (C=O) groups excluding carboxylic acids is 1. The van der Waals surface area contributed by atoms with Gasteiger partial charge >= 0.3 is 0 Å². The van der Waals surface area contributed by atoms with E-state index in [0.717, 1.165) is 50.1 Å². The Morgan fingerprint density at radius 1 is 1.45 bits per heavy atom. The summed E-state index contributed by atoms with van der Waals surface area (Å²) in [6.45, 7) is 6.21. The average molecular weight is 305 g/mol. The first-order chi connectivity index (χ1) is 10.6. The van der Waals surface area contributed by atoms with Crippen molar-refractivity contribution in [2.45, 2.75) is 39.5 Å². The molecule has 0 aliphatic heterocycles. The van der Waals surface area contributed by atoms with E-state index in [1.165, 1.54) is 0 Å². The lowest BCUT2D eigenvalue weighted by atomic mass is 9.94. The van der Waals surface area contributed by atoms with Crippen molar-refractivity contribution in [1.29, 1.82) is 5.26 Å². The molecule has 1 rings (SSSR count). The van der Waals surface area contributed by atoms with Gasteiger partial charge in [-0.05, 0) is 43.3 Å². The highest BCUT2D eigenvalue weighted by Crippen LogP contribution is 2.23. The van der Waals surface area contributed by atoms with Crippen LogP contribution in [0.15, 0.2) is 22.9 Å². The molecule has 5 heteroatoms. The van der Waals surface area contributed by atoms with E-state index < -0.39 is 0 Å². The molecule has 122 valence electrons. The van der Waals surface area contributed by atoms with E-state index in [1.807, 2.05) is 19.9 Å². The minimum atomic E-state index is -0.261. The Morgan fingerprint density at radius 3 is 2.86 bits per heavy atom. The van der Waals surface area contributed by atoms with E-state index >= 15 is 0 Å². The summed E-state index contributed by atoms with van der Waals surface area (Å²) < 4.78 is 5.02. The molecule has 0 saturated heterocycles. The Hall–Kier alpha value is -1.80. The van der Waals surface area contributed by atoms with Crippen LogP contribution in [-0.2, 0) is 9.53 Å². The van der Waals surface area contributed by atoms with Gasteiger partial charge in [0.15, 0.2) is 0 Å². The predicted molar refractivity (Wildman–Crippen MR) is 86.9 cm³/mol. The molecule has 22 heavy (non-hydrogen) atoms. The van der Waals surface area contributed by atoms with E-state index in [2.05, 4.69) is 16.7 Å². The largest absolute Gasteiger partial charge is 0.388 e. The van der Waals surface area contributed by atoms with Crippen molar-refractivity contribution in [1.82, 2.24) is 10.6 Å². The first-order valence-corrected chi connectivity index (χ1v) is 7.93. The number of nitriles is 1. The van der Waals surface area contributed by atoms with Gasteiger partial charge in [0.1, 0.15) is 11.6 Å². The van der Waals surface area contributed by atoms with Crippen LogP contribution < -0.4 is 10.6 Å². The van der Waals surface area contributed by atoms with Crippen LogP contribution in [0, 0.1) is 17.2 Å². The van der Waals surface area contributed by atoms with Crippen LogP contribution in [0.3, 0.4) is 0 Å². The molecule has 0 aromatic carbocycles. The molecule has 1 aliphatic rings. The third-order valence-corrected chi connectivity index (χ3v) is 3.45. The zero-order valence-electron chi connectivity index (χ0n) is 13.9. The molecule has 0 fully saturated rings. The minimum absolute atomic E-state index is 0.247. The zero-order chi connectivity index (χ0) is 16.4. The van der Waals surface area contributed by atoms with Crippen LogP contribution >= 0.6 is 0 Å². The van der Waals surface area contributed by atoms with E-state index in [1.54, 1.807) is 7.11 Å². The van der Waals surface area contributed by atoms with Gasteiger partial charge < -0.3 is 15.4 Å². The number of hydrogen-bond acceptors (Lipinski definition) is 4. The molecular weight excluding hydrogens is 278 g/mol. The lowest BCUT2D eigenvalue weighted by Gasteiger charge is -2.18. The van der Waals surface area contributed by atoms with E-state index in [0.29, 0.717) is 12.5 Å². The third kappa shape index (κ3) is 6.31. The average Bonchev–Trinajstić information content (AvgIpc) is 2.51. The van der Waals surface area contributed by atoms with Crippen molar-refractivity contribution < 1.29 is 9.53 Å². The summed E-state index contributed by atoms with van der Waals surface area (Å²) in [5.74, 6) is 0.108. The van der Waals surface area contributed by atoms with Gasteiger partial charge in [-0.1, -0.05) is 13.8 Å². The number of allylic oxidation sites excluding steroid dienone is 3. The van der Waals surface area contributed by atoms with Gasteiger partial charge in [0.05, 0.1) is 0 Å². The number of amides is 1. The number of rotatable bonds is 8. The standard InChI is InChI=1S/C17H27N3O2/c1-13(2)12-20-17(21)16(11-18)14-6-4-7-15(10-14)19-8-5-9-22-3/h10,13,19H,4-9,12H2,1-3H3,(H,20,21)/b16-14-. The van der Waals surface area contributed by atoms with Gasteiger partial charge in [0.2, 0.25) is 0 Å². The molecule has 1 amide bonds. The highest BCUT2D eigenvalue weighted by atomic mass is 16.5. The number of methoxy groups -OCH3 is 1. The molecule has 0 atom stereocenters. The third-order valence-electron chi connectivity index (χ3n) is 3.45. The SMILES string of the molecule is COCCCNC1=C/C(=C(/C#N)C(=O)NCC(C)C)CCC1. The van der Waals surface area contributed by atoms with Gasteiger partial charge in [0.25, 0.3) is 5.91 Å². The van der Waals surface area contributed by atoms with Gasteiger partial charge in [-0.15, -0.1) is 0 Å². The Bertz CT molecular complexity index is 473. The summed E-state index contributed by atoms with van der Waals surface area (Å²) in [6.07, 6.45) is 5.60. The molecule has 0 radical (unpaired) electrons. The predicted octanol–water partition coefficient (Wildman–Crippen LogP) is 2.27. The van der Waals surface area contributed by atoms with Crippen LogP contribution in [0.4, 0.5) is 0 Å². The van der Waals surface area contributed by atoms with Crippen molar-refractivity contribution >= 4 is 5.91 Å². The molecule has 0 bridgehead atoms. The summed E-state index contributed by atoms with van der Waals surface area (Å²) in [6, 6.07) is 2.07. The van der Waals surface area contributed by atoms with Gasteiger partial charge in [-0.25, -0.2) is 0 Å². The normalized spacial score (nSPS) is 16.8. The molecule has 0 aromatic rings. The Labute approximate surface area is 133 Å². The lowest BCUT2D eigenvalue weighted by Crippen LogP contribution is -2.29. The number of hydrogen-bond donors (Lipinski definition) is 2. The highest BCUT2D eigenvalue weighted by Gasteiger charge is 2.17. The van der Waals surface area contributed by atoms with Crippen molar-refractivity contribution in [3.05, 3.63) is 22.9 Å². The van der Waals surface area contributed by atoms with Crippen LogP contribution in [0.1, 0.15) is 39.5 Å². The van der Waals surface area contributed by atoms with Gasteiger partial charge in [-0.2, -0.15) is 5.26 Å². The molecule has 5 nitrogen and oxygen atoms in total. The first kappa shape index (κ1) is 18.2. The molecule has 0 unspecified atom stereocenters. The first-order valence-electron chi connectivity index (χ1n) is 7.93. The van der Waals surface area contributed by atoms with Crippen molar-refractivity contribution in [3.63, 3.8) is 0 Å². The molecule has 0 heterocycles. The summed E-state index contributed by atoms with van der Waals surface area (Å²) in [4.78, 5) is 12.1. The van der Waals surface area contributed by atoms with Crippen LogP contribution in [0.2, 0.25) is 0 Å². The fraction of sp³-hybridized carbons (Fsp3) is 0.647. The maximum Gasteiger partial charge on any atom is 0.262 e. The topological polar surface area (TPSA) is 74.1 Å². The molecule has 0 aromatic heterocycles. The molecular formula is C17H27N3O2. The lowest BCUT2D eigenvalue weighted by molar-refractivity contribution is -0.117. The maximum absolute atomic E-state index is 12.1. The molecule has 0 spiro atoms. The molecule has 1 aliphatic carbocycles. The quantitative estimate of drug-likeness (QED) is 0.410. The number of nitrogens with one attached hydrogen (secondary N) is 2. The summed E-state index contributed by atoms with van der Waals surface area (Å²) in [5, 5.41) is 15.5. The second-order valence-electron chi connectivity index (χ2n) is 5.91. The number of nitrogens with zero attached hydrogens (tertiary/aromatic N) is 1. The second-order valence-corrected chi connectivity index (χ2v) is 5.91. The smallest absolute Gasteiger partial charge is 0.262 e. The number of carbonyl (C=O) groups is 1. The summed E-state index contributed by atoms with van der Waals surface area (Å²) in [5.41, 5.74) is 2.18. The Kier molecular flexibility index (Phi) is 8.31. The number of ether oxygens (including phenoxy) is 1. The maximum atomic E-state index is 12.1. The van der Waals surface area contributed by atoms with E-state index in [9.17, 15) is 10.1 Å². The van der Waals surface area contributed by atoms with Crippen LogP contribution in [0.25, 0.3) is 0 Å². The van der Waals surface area contributed by atoms with E-state index in [-0.39, 0.29) is 11.5 Å².